The molecule has 4 rings (SSSR count). The first-order chi connectivity index (χ1) is 24.6. The number of ether oxygens (including phenoxy) is 2. The molecule has 18 nitrogen and oxygen atoms in total. The van der Waals surface area contributed by atoms with Gasteiger partial charge < -0.3 is 23.7 Å². The first-order valence-electron chi connectivity index (χ1n) is 16.3. The fourth-order valence-electron chi connectivity index (χ4n) is 5.22. The molecule has 0 fully saturated rings. The first-order valence-corrected chi connectivity index (χ1v) is 16.6. The van der Waals surface area contributed by atoms with Crippen molar-refractivity contribution in [2.24, 2.45) is 0 Å². The highest BCUT2D eigenvalue weighted by Gasteiger charge is 2.28. The highest BCUT2D eigenvalue weighted by Crippen LogP contribution is 2.30. The van der Waals surface area contributed by atoms with E-state index in [2.05, 4.69) is 35.3 Å². The van der Waals surface area contributed by atoms with Gasteiger partial charge in [0, 0.05) is 31.4 Å². The zero-order valence-electron chi connectivity index (χ0n) is 27.9. The number of unbranched alkanes of at least 4 members (excludes halogenated alkanes) is 1. The number of esters is 2. The summed E-state index contributed by atoms with van der Waals surface area (Å²) in [4.78, 5) is 60.7. The maximum Gasteiger partial charge on any atom is 0.361 e. The molecule has 0 aliphatic carbocycles. The molecule has 1 N–H and O–H groups in total. The number of halogens is 1. The number of hydrogen-bond donors (Lipinski definition) is 1. The normalized spacial score (nSPS) is 12.1. The second-order valence-corrected chi connectivity index (χ2v) is 11.6. The van der Waals surface area contributed by atoms with E-state index in [1.165, 1.54) is 0 Å². The molecule has 0 bridgehead atoms. The Morgan fingerprint density at radius 2 is 1.71 bits per heavy atom. The summed E-state index contributed by atoms with van der Waals surface area (Å²) >= 11 is 6.54. The molecule has 2 unspecified atom stereocenters. The molecule has 0 saturated carbocycles. The van der Waals surface area contributed by atoms with Crippen molar-refractivity contribution in [1.82, 2.24) is 30.2 Å². The molecule has 0 aliphatic rings. The molecule has 272 valence electrons. The van der Waals surface area contributed by atoms with E-state index in [-0.39, 0.29) is 49.5 Å². The number of aryl methyl sites for hydroxylation is 1. The molecular formula is C32H37ClN8O10. The third-order valence-corrected chi connectivity index (χ3v) is 7.96. The van der Waals surface area contributed by atoms with E-state index in [0.717, 1.165) is 35.1 Å². The van der Waals surface area contributed by atoms with Crippen molar-refractivity contribution in [2.45, 2.75) is 84.2 Å². The van der Waals surface area contributed by atoms with Crippen LogP contribution in [-0.4, -0.2) is 71.3 Å². The monoisotopic (exact) mass is 728 g/mol. The summed E-state index contributed by atoms with van der Waals surface area (Å²) in [6.07, 6.45) is -0.284. The van der Waals surface area contributed by atoms with Crippen molar-refractivity contribution >= 4 is 23.5 Å². The number of aromatic nitrogens is 6. The number of carbonyl (C=O) groups excluding carboxylic acids is 2. The van der Waals surface area contributed by atoms with E-state index in [1.54, 1.807) is 11.5 Å². The summed E-state index contributed by atoms with van der Waals surface area (Å²) in [5, 5.41) is 33.6. The molecule has 2 atom stereocenters. The summed E-state index contributed by atoms with van der Waals surface area (Å²) in [5.41, 5.74) is 3.42. The number of rotatable bonds is 21. The minimum atomic E-state index is -1.37. The number of nitrogens with zero attached hydrogens (tertiary/aromatic N) is 7. The van der Waals surface area contributed by atoms with Gasteiger partial charge in [-0.1, -0.05) is 80.4 Å². The summed E-state index contributed by atoms with van der Waals surface area (Å²) in [6, 6.07) is 15.4. The van der Waals surface area contributed by atoms with E-state index < -0.39 is 41.1 Å². The fraction of sp³-hybridized carbons (Fsp3) is 0.438. The molecule has 51 heavy (non-hydrogen) atoms. The number of imidazole rings is 1. The average Bonchev–Trinajstić information content (AvgIpc) is 3.75. The molecule has 0 spiro atoms. The summed E-state index contributed by atoms with van der Waals surface area (Å²) in [7, 11) is 0. The number of aromatic amines is 1. The number of H-pyrrole nitrogens is 1. The van der Waals surface area contributed by atoms with Crippen molar-refractivity contribution in [1.29, 1.82) is 0 Å². The number of benzene rings is 2. The van der Waals surface area contributed by atoms with Crippen LogP contribution in [0.3, 0.4) is 0 Å². The lowest BCUT2D eigenvalue weighted by atomic mass is 9.98. The largest absolute Gasteiger partial charge is 0.425 e. The van der Waals surface area contributed by atoms with Gasteiger partial charge in [0.2, 0.25) is 12.1 Å². The van der Waals surface area contributed by atoms with Gasteiger partial charge >= 0.3 is 11.9 Å². The molecule has 2 aromatic carbocycles. The number of hydrogen-bond acceptors (Lipinski definition) is 14. The number of tetrazole rings is 1. The van der Waals surface area contributed by atoms with Crippen LogP contribution < -0.4 is 0 Å². The number of carbonyl (C=O) groups is 2. The maximum absolute atomic E-state index is 13.7. The fourth-order valence-corrected chi connectivity index (χ4v) is 5.50. The summed E-state index contributed by atoms with van der Waals surface area (Å²) < 4.78 is 12.7. The van der Waals surface area contributed by atoms with Crippen LogP contribution in [0.2, 0.25) is 5.15 Å². The lowest BCUT2D eigenvalue weighted by Gasteiger charge is -2.20. The first kappa shape index (κ1) is 38.2. The molecule has 2 heterocycles. The maximum atomic E-state index is 13.7. The van der Waals surface area contributed by atoms with Crippen LogP contribution >= 0.6 is 11.6 Å². The van der Waals surface area contributed by atoms with Crippen LogP contribution in [0.15, 0.2) is 48.5 Å². The second kappa shape index (κ2) is 18.9. The Morgan fingerprint density at radius 3 is 2.35 bits per heavy atom. The van der Waals surface area contributed by atoms with Crippen LogP contribution in [0.4, 0.5) is 0 Å². The van der Waals surface area contributed by atoms with Crippen LogP contribution in [-0.2, 0) is 36.9 Å². The Morgan fingerprint density at radius 1 is 0.961 bits per heavy atom. The van der Waals surface area contributed by atoms with Gasteiger partial charge in [-0.25, -0.2) is 9.78 Å². The Hall–Kier alpha value is -5.65. The quantitative estimate of drug-likeness (QED) is 0.0479. The third-order valence-electron chi connectivity index (χ3n) is 7.70. The lowest BCUT2D eigenvalue weighted by Crippen LogP contribution is -2.27. The van der Waals surface area contributed by atoms with Crippen LogP contribution in [0.1, 0.15) is 80.7 Å². The zero-order chi connectivity index (χ0) is 36.8. The molecule has 4 aromatic rings. The van der Waals surface area contributed by atoms with E-state index in [0.29, 0.717) is 18.1 Å². The predicted octanol–water partition coefficient (Wildman–Crippen LogP) is 5.56. The Labute approximate surface area is 296 Å². The second-order valence-electron chi connectivity index (χ2n) is 11.2. The van der Waals surface area contributed by atoms with Crippen molar-refractivity contribution in [3.8, 4) is 22.5 Å². The molecular weight excluding hydrogens is 692 g/mol. The Balaban J connectivity index is 1.53. The zero-order valence-corrected chi connectivity index (χ0v) is 28.7. The van der Waals surface area contributed by atoms with Crippen LogP contribution in [0.5, 0.6) is 0 Å². The standard InChI is InChI=1S/C32H37ClN8O10/c1-3-5-12-26-34-30(33)29(32(43)50-28(49-27(42)4-2)13-8-9-23(51-41(46)47)18-19-48-40(44)45)39(26)20-21-14-16-22(17-15-21)24-10-6-7-11-25(24)31-35-37-38-36-31/h6-7,10-11,14-17,23,28H,3-5,8-9,12-13,18-20H2,1-2H3,(H,35,36,37,38). The lowest BCUT2D eigenvalue weighted by molar-refractivity contribution is -0.774. The van der Waals surface area contributed by atoms with Crippen LogP contribution in [0, 0.1) is 20.2 Å². The Bertz CT molecular complexity index is 1770. The van der Waals surface area contributed by atoms with Gasteiger partial charge in [0.1, 0.15) is 11.9 Å². The van der Waals surface area contributed by atoms with Crippen LogP contribution in [0.25, 0.3) is 22.5 Å². The van der Waals surface area contributed by atoms with Gasteiger partial charge in [0.05, 0.1) is 6.61 Å². The summed E-state index contributed by atoms with van der Waals surface area (Å²) in [5.74, 6) is -0.498. The molecule has 0 aliphatic heterocycles. The molecule has 2 aromatic heterocycles. The average molecular weight is 729 g/mol. The van der Waals surface area contributed by atoms with Crippen molar-refractivity contribution < 1.29 is 38.9 Å². The molecule has 0 radical (unpaired) electrons. The third kappa shape index (κ3) is 11.2. The highest BCUT2D eigenvalue weighted by molar-refractivity contribution is 6.32. The van der Waals surface area contributed by atoms with E-state index in [4.69, 9.17) is 21.1 Å². The van der Waals surface area contributed by atoms with Crippen molar-refractivity contribution in [3.05, 3.63) is 91.0 Å². The number of nitrogens with one attached hydrogen (secondary N) is 1. The van der Waals surface area contributed by atoms with Crippen molar-refractivity contribution in [3.63, 3.8) is 0 Å². The van der Waals surface area contributed by atoms with Gasteiger partial charge in [-0.05, 0) is 47.6 Å². The predicted molar refractivity (Wildman–Crippen MR) is 179 cm³/mol. The summed E-state index contributed by atoms with van der Waals surface area (Å²) in [6.45, 7) is 3.40. The minimum Gasteiger partial charge on any atom is -0.425 e. The molecule has 0 amide bonds. The Kier molecular flexibility index (Phi) is 14.2. The van der Waals surface area contributed by atoms with E-state index >= 15 is 0 Å². The van der Waals surface area contributed by atoms with E-state index in [1.807, 2.05) is 55.5 Å². The minimum absolute atomic E-state index is 0.00519. The topological polar surface area (TPSA) is 230 Å². The van der Waals surface area contributed by atoms with Crippen molar-refractivity contribution in [2.75, 3.05) is 6.61 Å². The molecule has 0 saturated heterocycles. The SMILES string of the molecule is CCCCc1nc(Cl)c(C(=O)OC(CCCC(CCO[N+](=O)[O-])O[N+](=O)[O-])OC(=O)CC)n1Cc1ccc(-c2ccccc2-c2nn[nH]n2)cc1. The smallest absolute Gasteiger partial charge is 0.361 e. The van der Waals surface area contributed by atoms with Gasteiger partial charge in [-0.3, -0.25) is 4.79 Å². The van der Waals surface area contributed by atoms with Gasteiger partial charge in [-0.15, -0.1) is 30.4 Å². The highest BCUT2D eigenvalue weighted by atomic mass is 35.5. The van der Waals surface area contributed by atoms with Gasteiger partial charge in [-0.2, -0.15) is 5.21 Å². The van der Waals surface area contributed by atoms with E-state index in [9.17, 15) is 29.8 Å². The van der Waals surface area contributed by atoms with Gasteiger partial charge in [0.25, 0.3) is 10.2 Å². The van der Waals surface area contributed by atoms with Gasteiger partial charge in [0.15, 0.2) is 10.8 Å². The molecule has 19 heteroatoms.